The number of Topliss-reactive ketones (excluding diaryl/α,β-unsaturated/α-hetero) is 1. The Bertz CT molecular complexity index is 537. The fourth-order valence-corrected chi connectivity index (χ4v) is 1.68. The van der Waals surface area contributed by atoms with E-state index < -0.39 is 0 Å². The number of aromatic nitrogens is 1. The van der Waals surface area contributed by atoms with Crippen LogP contribution in [0.1, 0.15) is 16.1 Å². The van der Waals surface area contributed by atoms with Crippen LogP contribution in [-0.4, -0.2) is 10.8 Å². The fourth-order valence-electron chi connectivity index (χ4n) is 1.48. The van der Waals surface area contributed by atoms with E-state index in [0.717, 1.165) is 5.56 Å². The third-order valence-corrected chi connectivity index (χ3v) is 2.75. The molecule has 86 valence electrons. The highest BCUT2D eigenvalue weighted by Gasteiger charge is 2.10. The number of benzene rings is 1. The standard InChI is InChI=1S/C13H11ClN2O/c14-11-4-2-1-3-9(11)7-13(17)12-6-5-10(15)8-16-12/h1-6,8H,7,15H2. The van der Waals surface area contributed by atoms with Crippen LogP contribution in [0.2, 0.25) is 5.02 Å². The summed E-state index contributed by atoms with van der Waals surface area (Å²) in [6.45, 7) is 0. The second kappa shape index (κ2) is 4.97. The molecular formula is C13H11ClN2O. The predicted octanol–water partition coefficient (Wildman–Crippen LogP) is 2.74. The number of halogens is 1. The van der Waals surface area contributed by atoms with Crippen molar-refractivity contribution in [3.63, 3.8) is 0 Å². The maximum absolute atomic E-state index is 11.9. The van der Waals surface area contributed by atoms with Crippen LogP contribution in [0.3, 0.4) is 0 Å². The molecule has 0 atom stereocenters. The van der Waals surface area contributed by atoms with Gasteiger partial charge in [-0.25, -0.2) is 0 Å². The lowest BCUT2D eigenvalue weighted by Gasteiger charge is -2.03. The van der Waals surface area contributed by atoms with E-state index in [0.29, 0.717) is 16.4 Å². The summed E-state index contributed by atoms with van der Waals surface area (Å²) in [7, 11) is 0. The van der Waals surface area contributed by atoms with Crippen molar-refractivity contribution in [2.24, 2.45) is 0 Å². The summed E-state index contributed by atoms with van der Waals surface area (Å²) in [4.78, 5) is 15.9. The first-order valence-corrected chi connectivity index (χ1v) is 5.53. The highest BCUT2D eigenvalue weighted by atomic mass is 35.5. The Morgan fingerprint density at radius 1 is 1.24 bits per heavy atom. The number of nitrogen functional groups attached to an aromatic ring is 1. The molecule has 4 heteroatoms. The normalized spacial score (nSPS) is 10.2. The first-order chi connectivity index (χ1) is 8.16. The van der Waals surface area contributed by atoms with Gasteiger partial charge in [0.1, 0.15) is 5.69 Å². The first-order valence-electron chi connectivity index (χ1n) is 5.15. The molecule has 1 heterocycles. The number of pyridine rings is 1. The summed E-state index contributed by atoms with van der Waals surface area (Å²) in [6, 6.07) is 10.6. The van der Waals surface area contributed by atoms with Gasteiger partial charge in [0.25, 0.3) is 0 Å². The minimum atomic E-state index is -0.0712. The topological polar surface area (TPSA) is 56.0 Å². The number of carbonyl (C=O) groups is 1. The van der Waals surface area contributed by atoms with E-state index in [1.807, 2.05) is 18.2 Å². The van der Waals surface area contributed by atoms with Gasteiger partial charge in [0.05, 0.1) is 11.9 Å². The van der Waals surface area contributed by atoms with Crippen LogP contribution in [0.15, 0.2) is 42.6 Å². The molecule has 0 aliphatic rings. The zero-order chi connectivity index (χ0) is 12.3. The molecule has 0 aliphatic carbocycles. The smallest absolute Gasteiger partial charge is 0.185 e. The highest BCUT2D eigenvalue weighted by Crippen LogP contribution is 2.17. The molecule has 0 radical (unpaired) electrons. The van der Waals surface area contributed by atoms with E-state index in [-0.39, 0.29) is 12.2 Å². The molecule has 1 aromatic heterocycles. The average molecular weight is 247 g/mol. The van der Waals surface area contributed by atoms with Gasteiger partial charge in [-0.15, -0.1) is 0 Å². The largest absolute Gasteiger partial charge is 0.397 e. The van der Waals surface area contributed by atoms with Gasteiger partial charge in [0.2, 0.25) is 0 Å². The number of nitrogens with zero attached hydrogens (tertiary/aromatic N) is 1. The third kappa shape index (κ3) is 2.82. The highest BCUT2D eigenvalue weighted by molar-refractivity contribution is 6.31. The number of hydrogen-bond acceptors (Lipinski definition) is 3. The number of nitrogens with two attached hydrogens (primary N) is 1. The molecular weight excluding hydrogens is 236 g/mol. The van der Waals surface area contributed by atoms with E-state index >= 15 is 0 Å². The maximum Gasteiger partial charge on any atom is 0.185 e. The monoisotopic (exact) mass is 246 g/mol. The molecule has 0 spiro atoms. The molecule has 2 aromatic rings. The van der Waals surface area contributed by atoms with Crippen molar-refractivity contribution < 1.29 is 4.79 Å². The predicted molar refractivity (Wildman–Crippen MR) is 68.1 cm³/mol. The van der Waals surface area contributed by atoms with E-state index in [1.165, 1.54) is 6.20 Å². The summed E-state index contributed by atoms with van der Waals surface area (Å²) < 4.78 is 0. The Morgan fingerprint density at radius 3 is 2.65 bits per heavy atom. The summed E-state index contributed by atoms with van der Waals surface area (Å²) in [5.41, 5.74) is 7.26. The average Bonchev–Trinajstić information content (AvgIpc) is 2.33. The van der Waals surface area contributed by atoms with E-state index in [4.69, 9.17) is 17.3 Å². The summed E-state index contributed by atoms with van der Waals surface area (Å²) in [5, 5.41) is 0.594. The van der Waals surface area contributed by atoms with Crippen LogP contribution in [0.25, 0.3) is 0 Å². The molecule has 2 rings (SSSR count). The SMILES string of the molecule is Nc1ccc(C(=O)Cc2ccccc2Cl)nc1. The van der Waals surface area contributed by atoms with Gasteiger partial charge in [0.15, 0.2) is 5.78 Å². The molecule has 0 fully saturated rings. The number of ketones is 1. The van der Waals surface area contributed by atoms with Crippen LogP contribution in [0.5, 0.6) is 0 Å². The van der Waals surface area contributed by atoms with Crippen molar-refractivity contribution in [1.82, 2.24) is 4.98 Å². The molecule has 1 aromatic carbocycles. The van der Waals surface area contributed by atoms with Gasteiger partial charge in [0, 0.05) is 11.4 Å². The van der Waals surface area contributed by atoms with Crippen molar-refractivity contribution in [2.75, 3.05) is 5.73 Å². The minimum absolute atomic E-state index is 0.0712. The lowest BCUT2D eigenvalue weighted by Crippen LogP contribution is -2.06. The molecule has 3 nitrogen and oxygen atoms in total. The number of anilines is 1. The third-order valence-electron chi connectivity index (χ3n) is 2.38. The molecule has 0 amide bonds. The van der Waals surface area contributed by atoms with Gasteiger partial charge in [-0.2, -0.15) is 0 Å². The number of carbonyl (C=O) groups excluding carboxylic acids is 1. The Hall–Kier alpha value is -1.87. The van der Waals surface area contributed by atoms with Gasteiger partial charge < -0.3 is 5.73 Å². The van der Waals surface area contributed by atoms with Crippen LogP contribution in [0, 0.1) is 0 Å². The summed E-state index contributed by atoms with van der Waals surface area (Å²) >= 11 is 5.99. The van der Waals surface area contributed by atoms with Crippen LogP contribution in [-0.2, 0) is 6.42 Å². The van der Waals surface area contributed by atoms with Crippen molar-refractivity contribution in [3.8, 4) is 0 Å². The van der Waals surface area contributed by atoms with Gasteiger partial charge in [-0.05, 0) is 23.8 Å². The Balaban J connectivity index is 2.17. The number of hydrogen-bond donors (Lipinski definition) is 1. The van der Waals surface area contributed by atoms with Crippen molar-refractivity contribution in [3.05, 3.63) is 58.9 Å². The zero-order valence-corrected chi connectivity index (χ0v) is 9.82. The van der Waals surface area contributed by atoms with Gasteiger partial charge in [-0.3, -0.25) is 9.78 Å². The first kappa shape index (κ1) is 11.6. The zero-order valence-electron chi connectivity index (χ0n) is 9.06. The molecule has 2 N–H and O–H groups in total. The fraction of sp³-hybridized carbons (Fsp3) is 0.0769. The van der Waals surface area contributed by atoms with Gasteiger partial charge >= 0.3 is 0 Å². The summed E-state index contributed by atoms with van der Waals surface area (Å²) in [6.07, 6.45) is 1.72. The Labute approximate surface area is 104 Å². The molecule has 17 heavy (non-hydrogen) atoms. The molecule has 0 saturated heterocycles. The quantitative estimate of drug-likeness (QED) is 0.848. The minimum Gasteiger partial charge on any atom is -0.397 e. The molecule has 0 bridgehead atoms. The van der Waals surface area contributed by atoms with Crippen molar-refractivity contribution in [1.29, 1.82) is 0 Å². The Morgan fingerprint density at radius 2 is 2.00 bits per heavy atom. The Kier molecular flexibility index (Phi) is 3.40. The second-order valence-corrected chi connectivity index (χ2v) is 4.08. The van der Waals surface area contributed by atoms with E-state index in [2.05, 4.69) is 4.98 Å². The molecule has 0 unspecified atom stereocenters. The molecule has 0 aliphatic heterocycles. The van der Waals surface area contributed by atoms with Crippen molar-refractivity contribution in [2.45, 2.75) is 6.42 Å². The van der Waals surface area contributed by atoms with Crippen LogP contribution < -0.4 is 5.73 Å². The van der Waals surface area contributed by atoms with E-state index in [1.54, 1.807) is 18.2 Å². The van der Waals surface area contributed by atoms with Gasteiger partial charge in [-0.1, -0.05) is 29.8 Å². The van der Waals surface area contributed by atoms with Crippen LogP contribution in [0.4, 0.5) is 5.69 Å². The van der Waals surface area contributed by atoms with Crippen LogP contribution >= 0.6 is 11.6 Å². The maximum atomic E-state index is 11.9. The molecule has 0 saturated carbocycles. The van der Waals surface area contributed by atoms with Crippen molar-refractivity contribution >= 4 is 23.1 Å². The van der Waals surface area contributed by atoms with E-state index in [9.17, 15) is 4.79 Å². The second-order valence-electron chi connectivity index (χ2n) is 3.67. The summed E-state index contributed by atoms with van der Waals surface area (Å²) in [5.74, 6) is -0.0712. The lowest BCUT2D eigenvalue weighted by atomic mass is 10.1. The lowest BCUT2D eigenvalue weighted by molar-refractivity contribution is 0.0988. The number of rotatable bonds is 3.